The van der Waals surface area contributed by atoms with Crippen LogP contribution in [0.15, 0.2) is 33.4 Å². The number of nitrogens with one attached hydrogen (secondary N) is 1. The molecule has 0 aliphatic rings. The smallest absolute Gasteiger partial charge is 0.169 e. The summed E-state index contributed by atoms with van der Waals surface area (Å²) >= 11 is 21.3. The van der Waals surface area contributed by atoms with Crippen LogP contribution in [-0.2, 0) is 0 Å². The molecule has 1 N–H and O–H groups in total. The maximum Gasteiger partial charge on any atom is 0.169 e. The van der Waals surface area contributed by atoms with Crippen LogP contribution in [0.4, 0.5) is 5.69 Å². The molecule has 0 saturated heterocycles. The fourth-order valence-corrected chi connectivity index (χ4v) is 2.77. The molecular weight excluding hydrogens is 360 g/mol. The molecule has 0 spiro atoms. The van der Waals surface area contributed by atoms with Gasteiger partial charge in [0.25, 0.3) is 0 Å². The average molecular weight is 369 g/mol. The predicted octanol–water partition coefficient (Wildman–Crippen LogP) is 6.18. The van der Waals surface area contributed by atoms with Gasteiger partial charge in [-0.25, -0.2) is 0 Å². The van der Waals surface area contributed by atoms with Crippen LogP contribution in [0.2, 0.25) is 15.1 Å². The Morgan fingerprint density at radius 2 is 1.78 bits per heavy atom. The monoisotopic (exact) mass is 367 g/mol. The highest BCUT2D eigenvalue weighted by Gasteiger charge is 2.14. The Morgan fingerprint density at radius 3 is 2.28 bits per heavy atom. The molecule has 0 aliphatic heterocycles. The van der Waals surface area contributed by atoms with E-state index in [1.807, 2.05) is 19.1 Å². The molecule has 0 radical (unpaired) electrons. The van der Waals surface area contributed by atoms with Crippen molar-refractivity contribution in [3.63, 3.8) is 0 Å². The standard InChI is InChI=1S/C12H9BrCl3NO/c1-6(10-2-3-11(13)18-10)17-12-8(15)4-7(14)5-9(12)16/h2-6,17H,1H3. The van der Waals surface area contributed by atoms with Crippen molar-refractivity contribution in [1.82, 2.24) is 0 Å². The highest BCUT2D eigenvalue weighted by atomic mass is 79.9. The Labute approximate surface area is 128 Å². The average Bonchev–Trinajstić information content (AvgIpc) is 2.70. The van der Waals surface area contributed by atoms with E-state index in [0.717, 1.165) is 5.76 Å². The number of hydrogen-bond acceptors (Lipinski definition) is 2. The Kier molecular flexibility index (Phi) is 4.49. The Hall–Kier alpha value is -0.350. The highest BCUT2D eigenvalue weighted by Crippen LogP contribution is 2.36. The maximum atomic E-state index is 6.10. The molecule has 18 heavy (non-hydrogen) atoms. The van der Waals surface area contributed by atoms with Crippen molar-refractivity contribution in [3.8, 4) is 0 Å². The summed E-state index contributed by atoms with van der Waals surface area (Å²) in [6.45, 7) is 1.95. The lowest BCUT2D eigenvalue weighted by Gasteiger charge is -2.15. The van der Waals surface area contributed by atoms with Crippen LogP contribution in [-0.4, -0.2) is 0 Å². The van der Waals surface area contributed by atoms with Crippen molar-refractivity contribution < 1.29 is 4.42 Å². The van der Waals surface area contributed by atoms with Gasteiger partial charge in [0.1, 0.15) is 5.76 Å². The third-order valence-electron chi connectivity index (χ3n) is 2.39. The van der Waals surface area contributed by atoms with Gasteiger partial charge in [0.2, 0.25) is 0 Å². The summed E-state index contributed by atoms with van der Waals surface area (Å²) in [7, 11) is 0. The highest BCUT2D eigenvalue weighted by molar-refractivity contribution is 9.10. The third kappa shape index (κ3) is 3.15. The van der Waals surface area contributed by atoms with Crippen LogP contribution in [0, 0.1) is 0 Å². The van der Waals surface area contributed by atoms with Crippen LogP contribution in [0.5, 0.6) is 0 Å². The van der Waals surface area contributed by atoms with Gasteiger partial charge < -0.3 is 9.73 Å². The minimum atomic E-state index is -0.0625. The van der Waals surface area contributed by atoms with Crippen LogP contribution in [0.25, 0.3) is 0 Å². The SMILES string of the molecule is CC(Nc1c(Cl)cc(Cl)cc1Cl)c1ccc(Br)o1. The number of hydrogen-bond donors (Lipinski definition) is 1. The Balaban J connectivity index is 2.24. The van der Waals surface area contributed by atoms with Crippen LogP contribution in [0.1, 0.15) is 18.7 Å². The second-order valence-electron chi connectivity index (χ2n) is 3.75. The first kappa shape index (κ1) is 14.1. The Morgan fingerprint density at radius 1 is 1.17 bits per heavy atom. The summed E-state index contributed by atoms with van der Waals surface area (Å²) in [4.78, 5) is 0. The van der Waals surface area contributed by atoms with Crippen LogP contribution >= 0.6 is 50.7 Å². The lowest BCUT2D eigenvalue weighted by atomic mass is 10.2. The van der Waals surface area contributed by atoms with E-state index in [1.165, 1.54) is 0 Å². The number of halogens is 4. The van der Waals surface area contributed by atoms with Crippen LogP contribution < -0.4 is 5.32 Å². The van der Waals surface area contributed by atoms with Crippen molar-refractivity contribution in [2.45, 2.75) is 13.0 Å². The molecule has 1 aromatic carbocycles. The van der Waals surface area contributed by atoms with Gasteiger partial charge in [-0.15, -0.1) is 0 Å². The van der Waals surface area contributed by atoms with Crippen molar-refractivity contribution in [3.05, 3.63) is 49.8 Å². The van der Waals surface area contributed by atoms with Gasteiger partial charge in [-0.05, 0) is 47.1 Å². The molecular formula is C12H9BrCl3NO. The van der Waals surface area contributed by atoms with Gasteiger partial charge in [0.05, 0.1) is 21.8 Å². The molecule has 0 fully saturated rings. The second kappa shape index (κ2) is 5.74. The first-order valence-corrected chi connectivity index (χ1v) is 7.06. The number of furan rings is 1. The lowest BCUT2D eigenvalue weighted by molar-refractivity contribution is 0.471. The van der Waals surface area contributed by atoms with Crippen molar-refractivity contribution in [2.24, 2.45) is 0 Å². The molecule has 2 aromatic rings. The largest absolute Gasteiger partial charge is 0.452 e. The molecule has 2 rings (SSSR count). The normalized spacial score (nSPS) is 12.5. The summed E-state index contributed by atoms with van der Waals surface area (Å²) in [6.07, 6.45) is 0. The molecule has 0 amide bonds. The molecule has 0 saturated carbocycles. The zero-order valence-corrected chi connectivity index (χ0v) is 13.2. The van der Waals surface area contributed by atoms with Crippen LogP contribution in [0.3, 0.4) is 0 Å². The fraction of sp³-hybridized carbons (Fsp3) is 0.167. The van der Waals surface area contributed by atoms with E-state index in [-0.39, 0.29) is 6.04 Å². The van der Waals surface area contributed by atoms with E-state index in [4.69, 9.17) is 39.2 Å². The third-order valence-corrected chi connectivity index (χ3v) is 3.63. The van der Waals surface area contributed by atoms with Gasteiger partial charge in [0.15, 0.2) is 4.67 Å². The molecule has 6 heteroatoms. The molecule has 2 nitrogen and oxygen atoms in total. The minimum absolute atomic E-state index is 0.0625. The number of benzene rings is 1. The van der Waals surface area contributed by atoms with Crippen molar-refractivity contribution in [2.75, 3.05) is 5.32 Å². The molecule has 1 atom stereocenters. The van der Waals surface area contributed by atoms with Gasteiger partial charge >= 0.3 is 0 Å². The summed E-state index contributed by atoms with van der Waals surface area (Å²) in [6, 6.07) is 6.93. The summed E-state index contributed by atoms with van der Waals surface area (Å²) in [5.74, 6) is 0.781. The van der Waals surface area contributed by atoms with E-state index in [9.17, 15) is 0 Å². The lowest BCUT2D eigenvalue weighted by Crippen LogP contribution is -2.06. The molecule has 1 aromatic heterocycles. The number of anilines is 1. The molecule has 0 aliphatic carbocycles. The van der Waals surface area contributed by atoms with Gasteiger partial charge in [-0.1, -0.05) is 34.8 Å². The molecule has 1 heterocycles. The molecule has 0 bridgehead atoms. The van der Waals surface area contributed by atoms with E-state index in [2.05, 4.69) is 21.2 Å². The predicted molar refractivity (Wildman–Crippen MR) is 79.9 cm³/mol. The van der Waals surface area contributed by atoms with Gasteiger partial charge in [-0.2, -0.15) is 0 Å². The van der Waals surface area contributed by atoms with E-state index < -0.39 is 0 Å². The summed E-state index contributed by atoms with van der Waals surface area (Å²) < 4.78 is 6.14. The summed E-state index contributed by atoms with van der Waals surface area (Å²) in [5, 5.41) is 4.66. The Bertz CT molecular complexity index is 547. The zero-order chi connectivity index (χ0) is 13.3. The van der Waals surface area contributed by atoms with Gasteiger partial charge in [0, 0.05) is 5.02 Å². The maximum absolute atomic E-state index is 6.10. The fourth-order valence-electron chi connectivity index (χ4n) is 1.53. The molecule has 96 valence electrons. The summed E-state index contributed by atoms with van der Waals surface area (Å²) in [5.41, 5.74) is 0.641. The first-order chi connectivity index (χ1) is 8.47. The van der Waals surface area contributed by atoms with E-state index in [0.29, 0.717) is 25.4 Å². The minimum Gasteiger partial charge on any atom is -0.452 e. The topological polar surface area (TPSA) is 25.2 Å². The van der Waals surface area contributed by atoms with E-state index in [1.54, 1.807) is 12.1 Å². The quantitative estimate of drug-likeness (QED) is 0.699. The second-order valence-corrected chi connectivity index (χ2v) is 5.78. The first-order valence-electron chi connectivity index (χ1n) is 5.13. The van der Waals surface area contributed by atoms with Crippen molar-refractivity contribution >= 4 is 56.4 Å². The van der Waals surface area contributed by atoms with Crippen molar-refractivity contribution in [1.29, 1.82) is 0 Å². The van der Waals surface area contributed by atoms with Gasteiger partial charge in [-0.3, -0.25) is 0 Å². The number of rotatable bonds is 3. The van der Waals surface area contributed by atoms with E-state index >= 15 is 0 Å². The molecule has 1 unspecified atom stereocenters. The zero-order valence-electron chi connectivity index (χ0n) is 9.31.